The summed E-state index contributed by atoms with van der Waals surface area (Å²) in [5.74, 6) is -4.98. The summed E-state index contributed by atoms with van der Waals surface area (Å²) in [4.78, 5) is 47.3. The number of alkyl halides is 1. The molecule has 1 aliphatic rings. The van der Waals surface area contributed by atoms with Gasteiger partial charge in [-0.05, 0) is 43.7 Å². The zero-order valence-electron chi connectivity index (χ0n) is 23.6. The Hall–Kier alpha value is -4.01. The monoisotopic (exact) mass is 626 g/mol. The van der Waals surface area contributed by atoms with Gasteiger partial charge in [0.2, 0.25) is 10.8 Å². The van der Waals surface area contributed by atoms with Gasteiger partial charge in [0.15, 0.2) is 11.8 Å². The molecular formula is C29H27FN4O7S2. The topological polar surface area (TPSA) is 131 Å². The summed E-state index contributed by atoms with van der Waals surface area (Å²) in [6, 6.07) is 16.2. The average molecular weight is 627 g/mol. The fourth-order valence-corrected chi connectivity index (χ4v) is 5.69. The highest BCUT2D eigenvalue weighted by molar-refractivity contribution is 7.99. The molecule has 5 rings (SSSR count). The number of imidazole rings is 1. The Bertz CT molecular complexity index is 1650. The van der Waals surface area contributed by atoms with E-state index in [9.17, 15) is 14.4 Å². The summed E-state index contributed by atoms with van der Waals surface area (Å²) < 4.78 is 41.8. The highest BCUT2D eigenvalue weighted by Gasteiger charge is 2.71. The minimum absolute atomic E-state index is 0.0895. The van der Waals surface area contributed by atoms with Gasteiger partial charge in [0.25, 0.3) is 5.79 Å². The van der Waals surface area contributed by atoms with E-state index in [4.69, 9.17) is 18.9 Å². The minimum atomic E-state index is -2.74. The quantitative estimate of drug-likeness (QED) is 0.147. The summed E-state index contributed by atoms with van der Waals surface area (Å²) in [6.07, 6.45) is 1.70. The van der Waals surface area contributed by atoms with Crippen molar-refractivity contribution in [1.29, 1.82) is 0 Å². The third kappa shape index (κ3) is 5.69. The molecule has 224 valence electrons. The predicted octanol–water partition coefficient (Wildman–Crippen LogP) is 4.49. The van der Waals surface area contributed by atoms with Crippen molar-refractivity contribution in [3.63, 3.8) is 0 Å². The summed E-state index contributed by atoms with van der Waals surface area (Å²) >= 11 is 2.54. The molecule has 2 aromatic heterocycles. The van der Waals surface area contributed by atoms with Crippen molar-refractivity contribution in [3.05, 3.63) is 83.7 Å². The second-order valence-electron chi connectivity index (χ2n) is 9.59. The number of aromatic nitrogens is 4. The maximum atomic E-state index is 17.5. The van der Waals surface area contributed by atoms with Gasteiger partial charge in [0, 0.05) is 6.92 Å². The van der Waals surface area contributed by atoms with Crippen LogP contribution in [0, 0.1) is 0 Å². The Labute approximate surface area is 254 Å². The van der Waals surface area contributed by atoms with Crippen molar-refractivity contribution in [2.24, 2.45) is 0 Å². The lowest BCUT2D eigenvalue weighted by Crippen LogP contribution is -2.53. The molecule has 1 fully saturated rings. The number of thioether (sulfide) groups is 2. The van der Waals surface area contributed by atoms with Gasteiger partial charge in [-0.2, -0.15) is 0 Å². The number of nitrogens with zero attached hydrogens (tertiary/aromatic N) is 4. The Kier molecular flexibility index (Phi) is 8.71. The van der Waals surface area contributed by atoms with E-state index < -0.39 is 48.2 Å². The number of hydrogen-bond donors (Lipinski definition) is 0. The van der Waals surface area contributed by atoms with Gasteiger partial charge in [-0.25, -0.2) is 28.5 Å². The number of benzene rings is 2. The van der Waals surface area contributed by atoms with Crippen LogP contribution in [-0.2, 0) is 29.5 Å². The molecule has 2 aromatic carbocycles. The van der Waals surface area contributed by atoms with Crippen LogP contribution in [0.5, 0.6) is 0 Å². The Balaban J connectivity index is 1.61. The van der Waals surface area contributed by atoms with E-state index in [2.05, 4.69) is 15.1 Å². The number of ether oxygens (including phenoxy) is 4. The first-order valence-corrected chi connectivity index (χ1v) is 15.4. The molecule has 11 nitrogen and oxygen atoms in total. The third-order valence-corrected chi connectivity index (χ3v) is 7.98. The molecule has 4 aromatic rings. The number of esters is 3. The number of carbonyl (C=O) groups excluding carboxylic acids is 3. The lowest BCUT2D eigenvalue weighted by atomic mass is 9.89. The zero-order chi connectivity index (χ0) is 30.8. The van der Waals surface area contributed by atoms with Crippen molar-refractivity contribution in [1.82, 2.24) is 19.6 Å². The highest BCUT2D eigenvalue weighted by atomic mass is 32.2. The minimum Gasteiger partial charge on any atom is -0.459 e. The van der Waals surface area contributed by atoms with Crippen molar-refractivity contribution in [3.8, 4) is 0 Å². The number of halogens is 1. The van der Waals surface area contributed by atoms with E-state index in [1.165, 1.54) is 46.4 Å². The molecule has 1 unspecified atom stereocenters. The second-order valence-corrected chi connectivity index (χ2v) is 11.2. The van der Waals surface area contributed by atoms with E-state index >= 15 is 4.39 Å². The van der Waals surface area contributed by atoms with Crippen molar-refractivity contribution < 1.29 is 37.7 Å². The van der Waals surface area contributed by atoms with Crippen molar-refractivity contribution in [2.45, 2.75) is 47.7 Å². The summed E-state index contributed by atoms with van der Waals surface area (Å²) in [5, 5.41) is 5.29. The maximum absolute atomic E-state index is 17.5. The summed E-state index contributed by atoms with van der Waals surface area (Å²) in [7, 11) is 0. The average Bonchev–Trinajstić information content (AvgIpc) is 3.53. The molecular weight excluding hydrogens is 599 g/mol. The molecule has 1 aliphatic heterocycles. The molecule has 3 heterocycles. The smallest absolute Gasteiger partial charge is 0.338 e. The van der Waals surface area contributed by atoms with E-state index in [0.29, 0.717) is 10.2 Å². The predicted molar refractivity (Wildman–Crippen MR) is 155 cm³/mol. The molecule has 4 atom stereocenters. The molecule has 43 heavy (non-hydrogen) atoms. The van der Waals surface area contributed by atoms with Crippen LogP contribution in [0.15, 0.2) is 77.0 Å². The number of rotatable bonds is 9. The highest BCUT2D eigenvalue weighted by Crippen LogP contribution is 2.52. The van der Waals surface area contributed by atoms with Crippen molar-refractivity contribution >= 4 is 47.1 Å². The van der Waals surface area contributed by atoms with Crippen molar-refractivity contribution in [2.75, 3.05) is 19.1 Å². The molecule has 0 radical (unpaired) electrons. The Morgan fingerprint density at radius 3 is 2.21 bits per heavy atom. The largest absolute Gasteiger partial charge is 0.459 e. The SMILES string of the molecule is CSc1nc(SC)c2ncc(C3(OC(C)=O)O[C@H](COC(=O)c4ccccc4)[C@@H](OC(=O)c4ccccc4)[C@@]3(C)F)n2n1. The van der Waals surface area contributed by atoms with E-state index in [1.807, 2.05) is 0 Å². The van der Waals surface area contributed by atoms with Crippen LogP contribution >= 0.6 is 23.5 Å². The fourth-order valence-electron chi connectivity index (χ4n) is 4.78. The first-order chi connectivity index (χ1) is 20.6. The molecule has 0 aliphatic carbocycles. The van der Waals surface area contributed by atoms with Crippen LogP contribution in [0.4, 0.5) is 4.39 Å². The van der Waals surface area contributed by atoms with Gasteiger partial charge in [-0.3, -0.25) is 4.79 Å². The van der Waals surface area contributed by atoms with Crippen LogP contribution in [0.1, 0.15) is 40.3 Å². The molecule has 0 saturated carbocycles. The molecule has 1 saturated heterocycles. The first kappa shape index (κ1) is 30.4. The Morgan fingerprint density at radius 2 is 1.63 bits per heavy atom. The van der Waals surface area contributed by atoms with Gasteiger partial charge in [0.05, 0.1) is 17.3 Å². The normalized spacial score (nSPS) is 23.2. The van der Waals surface area contributed by atoms with Gasteiger partial charge in [0.1, 0.15) is 23.4 Å². The standard InChI is InChI=1S/C29H27FN4O7S2/c1-17(35)40-29(21-15-31-23-24(42-3)32-27(43-4)33-34(21)23)28(2,30)22(39-26(37)19-13-9-6-10-14-19)20(41-29)16-38-25(36)18-11-7-5-8-12-18/h5-15,20,22H,16H2,1-4H3/t20-,22-,28-,29?/m1/s1. The van der Waals surface area contributed by atoms with Crippen LogP contribution in [-0.4, -0.2) is 74.5 Å². The summed E-state index contributed by atoms with van der Waals surface area (Å²) in [5.41, 5.74) is -2.16. The van der Waals surface area contributed by atoms with Crippen LogP contribution in [0.2, 0.25) is 0 Å². The van der Waals surface area contributed by atoms with E-state index in [1.54, 1.807) is 61.0 Å². The zero-order valence-corrected chi connectivity index (χ0v) is 25.2. The second kappa shape index (κ2) is 12.3. The molecule has 0 amide bonds. The number of carbonyl (C=O) groups is 3. The van der Waals surface area contributed by atoms with Crippen LogP contribution in [0.3, 0.4) is 0 Å². The van der Waals surface area contributed by atoms with E-state index in [-0.39, 0.29) is 22.5 Å². The van der Waals surface area contributed by atoms with Gasteiger partial charge in [-0.15, -0.1) is 16.9 Å². The Morgan fingerprint density at radius 1 is 1.00 bits per heavy atom. The number of hydrogen-bond acceptors (Lipinski definition) is 12. The maximum Gasteiger partial charge on any atom is 0.338 e. The number of fused-ring (bicyclic) bond motifs is 1. The molecule has 0 bridgehead atoms. The fraction of sp³-hybridized carbons (Fsp3) is 0.310. The van der Waals surface area contributed by atoms with Crippen LogP contribution < -0.4 is 0 Å². The molecule has 0 N–H and O–H groups in total. The molecule has 0 spiro atoms. The van der Waals surface area contributed by atoms with Gasteiger partial charge >= 0.3 is 17.9 Å². The lowest BCUT2D eigenvalue weighted by molar-refractivity contribution is -0.271. The third-order valence-electron chi connectivity index (χ3n) is 6.78. The van der Waals surface area contributed by atoms with E-state index in [0.717, 1.165) is 13.8 Å². The van der Waals surface area contributed by atoms with Gasteiger partial charge < -0.3 is 18.9 Å². The van der Waals surface area contributed by atoms with Gasteiger partial charge in [-0.1, -0.05) is 48.2 Å². The van der Waals surface area contributed by atoms with Crippen LogP contribution in [0.25, 0.3) is 5.65 Å². The lowest BCUT2D eigenvalue weighted by Gasteiger charge is -2.35. The first-order valence-electron chi connectivity index (χ1n) is 13.0. The molecule has 14 heteroatoms. The summed E-state index contributed by atoms with van der Waals surface area (Å²) in [6.45, 7) is 1.64.